The van der Waals surface area contributed by atoms with Crippen molar-refractivity contribution in [2.24, 2.45) is 5.92 Å². The van der Waals surface area contributed by atoms with Gasteiger partial charge in [-0.3, -0.25) is 28.6 Å². The molecule has 17 nitrogen and oxygen atoms in total. The number of nitriles is 1. The lowest BCUT2D eigenvalue weighted by Gasteiger charge is -2.40. The molecule has 2 aromatic heterocycles. The van der Waals surface area contributed by atoms with Crippen LogP contribution in [0.4, 0.5) is 26.0 Å². The van der Waals surface area contributed by atoms with Crippen LogP contribution in [0, 0.1) is 30.0 Å². The molecule has 3 aliphatic heterocycles. The number of aryl methyl sites for hydroxylation is 1. The van der Waals surface area contributed by atoms with Gasteiger partial charge in [0, 0.05) is 84.6 Å². The van der Waals surface area contributed by atoms with Crippen LogP contribution in [0.2, 0.25) is 0 Å². The first-order chi connectivity index (χ1) is 33.5. The lowest BCUT2D eigenvalue weighted by Crippen LogP contribution is -2.49. The fourth-order valence-corrected chi connectivity index (χ4v) is 10.3. The number of piperazine rings is 1. The molecule has 3 aliphatic rings. The van der Waals surface area contributed by atoms with Gasteiger partial charge in [-0.2, -0.15) is 5.26 Å². The van der Waals surface area contributed by atoms with Crippen LogP contribution >= 0.6 is 0 Å². The van der Waals surface area contributed by atoms with Crippen molar-refractivity contribution in [3.05, 3.63) is 106 Å². The van der Waals surface area contributed by atoms with E-state index < -0.39 is 40.5 Å². The Kier molecular flexibility index (Phi) is 15.6. The second kappa shape index (κ2) is 22.1. The smallest absolute Gasteiger partial charge is 0.265 e. The van der Waals surface area contributed by atoms with Gasteiger partial charge >= 0.3 is 0 Å². The van der Waals surface area contributed by atoms with Crippen molar-refractivity contribution >= 4 is 57.9 Å². The summed E-state index contributed by atoms with van der Waals surface area (Å²) < 4.78 is 53.0. The third kappa shape index (κ3) is 11.2. The first kappa shape index (κ1) is 48.6. The number of ether oxygens (including phenoxy) is 1. The standard InChI is InChI=1S/C49H55F2N11O6S/c1-33-5-6-37(24-35(33)29-60(32-64)45(4-3-23-63)48(65)53-2)58-16-13-34(14-17-58)28-57-19-21-59(22-20-57)46-12-7-38(27-54-46)62-31-55-43-10-8-39(25-40(43)49(62)66)68-47-41(26-52)44(11-9-42(47)51)56-69(67)61-18-15-36(50)30-61/h5-12,23-25,27,31-32,34,36,45,56H,3-4,13-22,28-30H2,1-2H3,(H,53,65). The number of pyridine rings is 1. The number of fused-ring (bicyclic) bond motifs is 1. The quantitative estimate of drug-likeness (QED) is 0.112. The molecular weight excluding hydrogens is 909 g/mol. The van der Waals surface area contributed by atoms with Gasteiger partial charge in [0.05, 0.1) is 28.5 Å². The van der Waals surface area contributed by atoms with Crippen LogP contribution in [0.1, 0.15) is 48.8 Å². The number of aromatic nitrogens is 3. The number of likely N-dealkylation sites (N-methyl/N-ethyl adjacent to an activating group) is 1. The van der Waals surface area contributed by atoms with E-state index in [1.807, 2.05) is 25.1 Å². The van der Waals surface area contributed by atoms with E-state index in [1.54, 1.807) is 12.3 Å². The van der Waals surface area contributed by atoms with Crippen LogP contribution in [-0.4, -0.2) is 130 Å². The molecule has 20 heteroatoms. The largest absolute Gasteiger partial charge is 0.453 e. The van der Waals surface area contributed by atoms with Crippen molar-refractivity contribution in [2.45, 2.75) is 57.8 Å². The Morgan fingerprint density at radius 1 is 0.986 bits per heavy atom. The van der Waals surface area contributed by atoms with Gasteiger partial charge in [0.25, 0.3) is 5.56 Å². The molecule has 3 unspecified atom stereocenters. The summed E-state index contributed by atoms with van der Waals surface area (Å²) in [6.45, 7) is 8.72. The molecule has 5 aromatic rings. The average Bonchev–Trinajstić information content (AvgIpc) is 3.82. The summed E-state index contributed by atoms with van der Waals surface area (Å²) >= 11 is -1.87. The molecule has 3 atom stereocenters. The van der Waals surface area contributed by atoms with Crippen LogP contribution in [0.25, 0.3) is 16.6 Å². The maximum atomic E-state index is 15.2. The normalized spacial score (nSPS) is 17.8. The summed E-state index contributed by atoms with van der Waals surface area (Å²) in [5.41, 5.74) is 3.36. The number of piperidine rings is 1. The fourth-order valence-electron chi connectivity index (χ4n) is 9.21. The van der Waals surface area contributed by atoms with E-state index in [9.17, 15) is 33.0 Å². The number of anilines is 3. The van der Waals surface area contributed by atoms with E-state index in [1.165, 1.54) is 45.3 Å². The van der Waals surface area contributed by atoms with Crippen LogP contribution in [0.3, 0.4) is 0 Å². The Hall–Kier alpha value is -6.82. The van der Waals surface area contributed by atoms with Crippen molar-refractivity contribution in [3.63, 3.8) is 0 Å². The van der Waals surface area contributed by atoms with Crippen molar-refractivity contribution in [1.82, 2.24) is 34.0 Å². The topological polar surface area (TPSA) is 189 Å². The number of halogens is 2. The van der Waals surface area contributed by atoms with E-state index in [0.717, 1.165) is 93.6 Å². The molecule has 362 valence electrons. The predicted molar refractivity (Wildman–Crippen MR) is 259 cm³/mol. The Morgan fingerprint density at radius 3 is 2.45 bits per heavy atom. The molecule has 5 heterocycles. The van der Waals surface area contributed by atoms with E-state index >= 15 is 4.39 Å². The fraction of sp³-hybridized carbons (Fsp3) is 0.408. The number of nitrogens with zero attached hydrogens (tertiary/aromatic N) is 9. The predicted octanol–water partition coefficient (Wildman–Crippen LogP) is 5.02. The monoisotopic (exact) mass is 963 g/mol. The van der Waals surface area contributed by atoms with Crippen molar-refractivity contribution in [3.8, 4) is 23.3 Å². The molecule has 0 radical (unpaired) electrons. The number of benzene rings is 3. The number of carbonyl (C=O) groups is 3. The summed E-state index contributed by atoms with van der Waals surface area (Å²) in [5.74, 6) is -0.132. The average molecular weight is 964 g/mol. The number of alkyl halides is 1. The third-order valence-electron chi connectivity index (χ3n) is 13.2. The van der Waals surface area contributed by atoms with Gasteiger partial charge in [-0.25, -0.2) is 27.3 Å². The summed E-state index contributed by atoms with van der Waals surface area (Å²) in [6.07, 6.45) is 6.19. The lowest BCUT2D eigenvalue weighted by atomic mass is 9.95. The zero-order valence-electron chi connectivity index (χ0n) is 38.6. The van der Waals surface area contributed by atoms with Gasteiger partial charge in [0.1, 0.15) is 48.0 Å². The van der Waals surface area contributed by atoms with E-state index in [4.69, 9.17) is 9.72 Å². The lowest BCUT2D eigenvalue weighted by molar-refractivity contribution is -0.133. The third-order valence-corrected chi connectivity index (χ3v) is 14.4. The maximum absolute atomic E-state index is 15.2. The Labute approximate surface area is 401 Å². The molecule has 2 amide bonds. The molecule has 3 fully saturated rings. The van der Waals surface area contributed by atoms with Crippen LogP contribution in [0.15, 0.2) is 78.0 Å². The first-order valence-electron chi connectivity index (χ1n) is 23.1. The molecule has 3 aromatic carbocycles. The highest BCUT2D eigenvalue weighted by molar-refractivity contribution is 7.84. The Bertz CT molecular complexity index is 2790. The van der Waals surface area contributed by atoms with E-state index in [0.29, 0.717) is 23.5 Å². The minimum absolute atomic E-state index is 0.0279. The highest BCUT2D eigenvalue weighted by atomic mass is 32.2. The highest BCUT2D eigenvalue weighted by Crippen LogP contribution is 2.35. The summed E-state index contributed by atoms with van der Waals surface area (Å²) in [5, 5.41) is 12.8. The second-order valence-corrected chi connectivity index (χ2v) is 18.8. The van der Waals surface area contributed by atoms with Gasteiger partial charge < -0.3 is 29.5 Å². The molecule has 69 heavy (non-hydrogen) atoms. The first-order valence-corrected chi connectivity index (χ1v) is 24.2. The Balaban J connectivity index is 0.848. The zero-order chi connectivity index (χ0) is 48.6. The number of aldehydes is 1. The summed E-state index contributed by atoms with van der Waals surface area (Å²) in [6, 6.07) is 18.0. The van der Waals surface area contributed by atoms with Crippen molar-refractivity contribution < 1.29 is 32.1 Å². The van der Waals surface area contributed by atoms with Gasteiger partial charge in [-0.1, -0.05) is 6.07 Å². The Morgan fingerprint density at radius 2 is 1.77 bits per heavy atom. The number of hydrogen-bond acceptors (Lipinski definition) is 12. The second-order valence-electron chi connectivity index (χ2n) is 17.6. The molecule has 3 saturated heterocycles. The SMILES string of the molecule is CNC(=O)C(CCC=O)N(C=O)Cc1cc(N2CCC(CN3CCN(c4ccc(-n5cnc6ccc(Oc7c(F)ccc(NS(=O)N8CCC(F)C8)c7C#N)cc6c5=O)cn4)CC3)CC2)ccc1C. The molecule has 8 rings (SSSR count). The minimum atomic E-state index is -1.87. The van der Waals surface area contributed by atoms with Gasteiger partial charge in [0.15, 0.2) is 22.7 Å². The molecule has 0 spiro atoms. The van der Waals surface area contributed by atoms with Crippen LogP contribution in [-0.2, 0) is 32.1 Å². The summed E-state index contributed by atoms with van der Waals surface area (Å²) in [4.78, 5) is 67.4. The highest BCUT2D eigenvalue weighted by Gasteiger charge is 2.29. The van der Waals surface area contributed by atoms with Gasteiger partial charge in [-0.15, -0.1) is 0 Å². The number of carbonyl (C=O) groups excluding carboxylic acids is 3. The molecule has 0 saturated carbocycles. The van der Waals surface area contributed by atoms with Crippen LogP contribution in [0.5, 0.6) is 11.5 Å². The molecule has 0 aliphatic carbocycles. The zero-order valence-corrected chi connectivity index (χ0v) is 39.4. The number of rotatable bonds is 18. The molecule has 0 bridgehead atoms. The molecule has 2 N–H and O–H groups in total. The van der Waals surface area contributed by atoms with Crippen LogP contribution < -0.4 is 30.1 Å². The minimum Gasteiger partial charge on any atom is -0.453 e. The van der Waals surface area contributed by atoms with E-state index in [2.05, 4.69) is 47.9 Å². The van der Waals surface area contributed by atoms with Crippen molar-refractivity contribution in [1.29, 1.82) is 5.26 Å². The van der Waals surface area contributed by atoms with Gasteiger partial charge in [-0.05, 0) is 104 Å². The summed E-state index contributed by atoms with van der Waals surface area (Å²) in [7, 11) is 1.53. The van der Waals surface area contributed by atoms with Gasteiger partial charge in [0.2, 0.25) is 12.3 Å². The number of nitrogens with one attached hydrogen (secondary N) is 2. The molecular formula is C49H55F2N11O6S. The maximum Gasteiger partial charge on any atom is 0.265 e. The number of amides is 2. The van der Waals surface area contributed by atoms with Crippen molar-refractivity contribution in [2.75, 3.05) is 80.5 Å². The number of hydrogen-bond donors (Lipinski definition) is 2. The van der Waals surface area contributed by atoms with E-state index in [-0.39, 0.29) is 67.2 Å².